The Morgan fingerprint density at radius 1 is 1.12 bits per heavy atom. The van der Waals surface area contributed by atoms with E-state index in [1.165, 1.54) is 0 Å². The molecular weight excluding hydrogens is 218 g/mol. The van der Waals surface area contributed by atoms with Crippen LogP contribution in [0.2, 0.25) is 0 Å². The Bertz CT molecular complexity index is 307. The minimum Gasteiger partial charge on any atom is -0.508 e. The normalized spacial score (nSPS) is 12.9. The zero-order valence-corrected chi connectivity index (χ0v) is 10.4. The second-order valence-electron chi connectivity index (χ2n) is 3.81. The summed E-state index contributed by atoms with van der Waals surface area (Å²) in [7, 11) is 0. The van der Waals surface area contributed by atoms with E-state index in [4.69, 9.17) is 15.2 Å². The summed E-state index contributed by atoms with van der Waals surface area (Å²) in [6.45, 7) is 4.99. The summed E-state index contributed by atoms with van der Waals surface area (Å²) in [5, 5.41) is 9.19. The van der Waals surface area contributed by atoms with Crippen LogP contribution in [0, 0.1) is 0 Å². The first-order valence-corrected chi connectivity index (χ1v) is 5.94. The number of phenolic OH excluding ortho intramolecular Hbond substituents is 1. The largest absolute Gasteiger partial charge is 0.508 e. The molecule has 3 N–H and O–H groups in total. The van der Waals surface area contributed by atoms with E-state index in [0.717, 1.165) is 5.56 Å². The summed E-state index contributed by atoms with van der Waals surface area (Å²) in [5.41, 5.74) is 7.10. The monoisotopic (exact) mass is 239 g/mol. The highest BCUT2D eigenvalue weighted by atomic mass is 16.7. The van der Waals surface area contributed by atoms with Gasteiger partial charge in [-0.1, -0.05) is 12.1 Å². The van der Waals surface area contributed by atoms with Gasteiger partial charge in [-0.2, -0.15) is 0 Å². The van der Waals surface area contributed by atoms with Crippen LogP contribution in [0.3, 0.4) is 0 Å². The predicted molar refractivity (Wildman–Crippen MR) is 66.8 cm³/mol. The number of benzene rings is 1. The zero-order valence-electron chi connectivity index (χ0n) is 10.4. The van der Waals surface area contributed by atoms with Gasteiger partial charge < -0.3 is 20.3 Å². The van der Waals surface area contributed by atoms with E-state index in [0.29, 0.717) is 19.6 Å². The van der Waals surface area contributed by atoms with Crippen molar-refractivity contribution >= 4 is 0 Å². The Kier molecular flexibility index (Phi) is 5.97. The van der Waals surface area contributed by atoms with Gasteiger partial charge in [0.2, 0.25) is 0 Å². The van der Waals surface area contributed by atoms with Gasteiger partial charge in [-0.3, -0.25) is 0 Å². The lowest BCUT2D eigenvalue weighted by atomic mass is 10.1. The molecule has 1 unspecified atom stereocenters. The summed E-state index contributed by atoms with van der Waals surface area (Å²) in [4.78, 5) is 0. The van der Waals surface area contributed by atoms with Gasteiger partial charge in [-0.25, -0.2) is 0 Å². The third kappa shape index (κ3) is 4.73. The molecule has 0 spiro atoms. The van der Waals surface area contributed by atoms with E-state index in [9.17, 15) is 5.11 Å². The van der Waals surface area contributed by atoms with Gasteiger partial charge in [0.15, 0.2) is 6.29 Å². The van der Waals surface area contributed by atoms with Gasteiger partial charge in [-0.15, -0.1) is 0 Å². The van der Waals surface area contributed by atoms with Crippen molar-refractivity contribution in [2.75, 3.05) is 13.2 Å². The number of nitrogens with two attached hydrogens (primary N) is 1. The predicted octanol–water partition coefficient (Wildman–Crippen LogP) is 1.66. The van der Waals surface area contributed by atoms with Crippen LogP contribution < -0.4 is 5.73 Å². The van der Waals surface area contributed by atoms with E-state index in [1.807, 2.05) is 26.0 Å². The highest BCUT2D eigenvalue weighted by molar-refractivity contribution is 5.26. The van der Waals surface area contributed by atoms with Crippen LogP contribution in [0.1, 0.15) is 19.4 Å². The molecule has 0 radical (unpaired) electrons. The lowest BCUT2D eigenvalue weighted by Gasteiger charge is -2.23. The molecular formula is C13H21NO3. The average Bonchev–Trinajstić information content (AvgIpc) is 2.32. The maximum absolute atomic E-state index is 9.19. The first-order chi connectivity index (χ1) is 8.17. The van der Waals surface area contributed by atoms with Crippen molar-refractivity contribution in [1.29, 1.82) is 0 Å². The molecule has 17 heavy (non-hydrogen) atoms. The molecule has 0 heterocycles. The first kappa shape index (κ1) is 14.0. The zero-order chi connectivity index (χ0) is 12.7. The number of aromatic hydroxyl groups is 1. The molecule has 0 fully saturated rings. The molecule has 0 saturated carbocycles. The molecule has 1 aromatic rings. The summed E-state index contributed by atoms with van der Waals surface area (Å²) in [5.74, 6) is 0.258. The van der Waals surface area contributed by atoms with E-state index in [1.54, 1.807) is 12.1 Å². The van der Waals surface area contributed by atoms with Crippen molar-refractivity contribution in [3.05, 3.63) is 29.8 Å². The average molecular weight is 239 g/mol. The molecule has 0 amide bonds. The van der Waals surface area contributed by atoms with Gasteiger partial charge in [0.1, 0.15) is 5.75 Å². The summed E-state index contributed by atoms with van der Waals surface area (Å²) in [6, 6.07) is 6.80. The van der Waals surface area contributed by atoms with Crippen molar-refractivity contribution in [2.45, 2.75) is 32.6 Å². The lowest BCUT2D eigenvalue weighted by molar-refractivity contribution is -0.148. The Morgan fingerprint density at radius 2 is 1.65 bits per heavy atom. The molecule has 0 saturated heterocycles. The van der Waals surface area contributed by atoms with Crippen LogP contribution in [-0.2, 0) is 15.9 Å². The van der Waals surface area contributed by atoms with Gasteiger partial charge in [0.05, 0.1) is 6.04 Å². The molecule has 0 bridgehead atoms. The fourth-order valence-electron chi connectivity index (χ4n) is 1.62. The summed E-state index contributed by atoms with van der Waals surface area (Å²) in [6.07, 6.45) is 0.282. The second kappa shape index (κ2) is 7.27. The van der Waals surface area contributed by atoms with Crippen LogP contribution in [0.4, 0.5) is 0 Å². The number of ether oxygens (including phenoxy) is 2. The smallest absolute Gasteiger partial charge is 0.172 e. The number of hydrogen-bond acceptors (Lipinski definition) is 4. The van der Waals surface area contributed by atoms with Crippen LogP contribution >= 0.6 is 0 Å². The summed E-state index contributed by atoms with van der Waals surface area (Å²) >= 11 is 0. The Morgan fingerprint density at radius 3 is 2.12 bits per heavy atom. The minimum atomic E-state index is -0.376. The number of hydrogen-bond donors (Lipinski definition) is 2. The van der Waals surface area contributed by atoms with Gasteiger partial charge in [0, 0.05) is 13.2 Å². The van der Waals surface area contributed by atoms with Crippen molar-refractivity contribution in [3.8, 4) is 5.75 Å². The standard InChI is InChI=1S/C13H21NO3/c1-3-16-13(17-4-2)12(14)9-10-5-7-11(15)8-6-10/h5-8,12-13,15H,3-4,9,14H2,1-2H3. The quantitative estimate of drug-likeness (QED) is 0.710. The fraction of sp³-hybridized carbons (Fsp3) is 0.538. The van der Waals surface area contributed by atoms with Gasteiger partial charge in [-0.05, 0) is 38.0 Å². The molecule has 0 aliphatic carbocycles. The Labute approximate surface area is 102 Å². The van der Waals surface area contributed by atoms with Gasteiger partial charge >= 0.3 is 0 Å². The molecule has 4 heteroatoms. The molecule has 96 valence electrons. The van der Waals surface area contributed by atoms with Crippen LogP contribution in [0.15, 0.2) is 24.3 Å². The SMILES string of the molecule is CCOC(OCC)C(N)Cc1ccc(O)cc1. The highest BCUT2D eigenvalue weighted by Crippen LogP contribution is 2.13. The molecule has 1 aromatic carbocycles. The van der Waals surface area contributed by atoms with Crippen molar-refractivity contribution in [3.63, 3.8) is 0 Å². The molecule has 1 rings (SSSR count). The minimum absolute atomic E-state index is 0.209. The number of rotatable bonds is 7. The van der Waals surface area contributed by atoms with E-state index >= 15 is 0 Å². The van der Waals surface area contributed by atoms with Gasteiger partial charge in [0.25, 0.3) is 0 Å². The topological polar surface area (TPSA) is 64.7 Å². The van der Waals surface area contributed by atoms with E-state index < -0.39 is 0 Å². The lowest BCUT2D eigenvalue weighted by Crippen LogP contribution is -2.40. The third-order valence-electron chi connectivity index (χ3n) is 2.42. The first-order valence-electron chi connectivity index (χ1n) is 5.94. The van der Waals surface area contributed by atoms with Crippen LogP contribution in [-0.4, -0.2) is 30.7 Å². The van der Waals surface area contributed by atoms with E-state index in [2.05, 4.69) is 0 Å². The van der Waals surface area contributed by atoms with E-state index in [-0.39, 0.29) is 18.1 Å². The second-order valence-corrected chi connectivity index (χ2v) is 3.81. The molecule has 4 nitrogen and oxygen atoms in total. The fourth-order valence-corrected chi connectivity index (χ4v) is 1.62. The van der Waals surface area contributed by atoms with Crippen molar-refractivity contribution < 1.29 is 14.6 Å². The highest BCUT2D eigenvalue weighted by Gasteiger charge is 2.18. The molecule has 0 aromatic heterocycles. The maximum Gasteiger partial charge on any atom is 0.172 e. The van der Waals surface area contributed by atoms with Crippen molar-refractivity contribution in [1.82, 2.24) is 0 Å². The molecule has 1 atom stereocenters. The van der Waals surface area contributed by atoms with Crippen LogP contribution in [0.25, 0.3) is 0 Å². The summed E-state index contributed by atoms with van der Waals surface area (Å²) < 4.78 is 10.9. The maximum atomic E-state index is 9.19. The molecule has 0 aliphatic rings. The van der Waals surface area contributed by atoms with Crippen LogP contribution in [0.5, 0.6) is 5.75 Å². The molecule has 0 aliphatic heterocycles. The number of phenols is 1. The Balaban J connectivity index is 2.55. The third-order valence-corrected chi connectivity index (χ3v) is 2.42. The van der Waals surface area contributed by atoms with Crippen molar-refractivity contribution in [2.24, 2.45) is 5.73 Å². The Hall–Kier alpha value is -1.10.